The summed E-state index contributed by atoms with van der Waals surface area (Å²) in [7, 11) is -0.470. The highest BCUT2D eigenvalue weighted by Gasteiger charge is 2.19. The number of anilines is 1. The van der Waals surface area contributed by atoms with Crippen LogP contribution in [0, 0.1) is 0 Å². The van der Waals surface area contributed by atoms with E-state index in [0.717, 1.165) is 30.8 Å². The number of hydrogen-bond donors (Lipinski definition) is 1. The topological polar surface area (TPSA) is 69.7 Å². The molecule has 0 radical (unpaired) electrons. The van der Waals surface area contributed by atoms with Crippen molar-refractivity contribution in [3.05, 3.63) is 95.1 Å². The summed E-state index contributed by atoms with van der Waals surface area (Å²) in [5.41, 5.74) is 5.29. The van der Waals surface area contributed by atoms with Crippen LogP contribution < -0.4 is 10.2 Å². The fourth-order valence-corrected chi connectivity index (χ4v) is 4.94. The molecule has 172 valence electrons. The average molecular weight is 464 g/mol. The largest absolute Gasteiger partial charge is 0.367 e. The van der Waals surface area contributed by atoms with Gasteiger partial charge in [0, 0.05) is 38.4 Å². The van der Waals surface area contributed by atoms with Gasteiger partial charge in [0.1, 0.15) is 0 Å². The standard InChI is InChI=1S/C26H29N3O3S/c1-19(20-10-14-25(15-11-20)33(31,32)28(2)3)27-26(30)22-8-12-24(13-9-22)29-17-16-21-6-4-5-7-23(21)18-29/h4-15,19H,16-18H2,1-3H3,(H,27,30). The van der Waals surface area contributed by atoms with E-state index in [1.165, 1.54) is 29.5 Å². The van der Waals surface area contributed by atoms with E-state index in [4.69, 9.17) is 0 Å². The van der Waals surface area contributed by atoms with E-state index in [-0.39, 0.29) is 16.8 Å². The Balaban J connectivity index is 1.40. The summed E-state index contributed by atoms with van der Waals surface area (Å²) in [6, 6.07) is 22.6. The Bertz CT molecular complexity index is 1240. The highest BCUT2D eigenvalue weighted by molar-refractivity contribution is 7.89. The predicted octanol–water partition coefficient (Wildman–Crippen LogP) is 3.99. The zero-order chi connectivity index (χ0) is 23.6. The van der Waals surface area contributed by atoms with E-state index in [9.17, 15) is 13.2 Å². The van der Waals surface area contributed by atoms with E-state index in [1.807, 2.05) is 31.2 Å². The molecule has 1 heterocycles. The zero-order valence-corrected chi connectivity index (χ0v) is 20.0. The van der Waals surface area contributed by atoms with Gasteiger partial charge in [-0.05, 0) is 66.4 Å². The van der Waals surface area contributed by atoms with Crippen molar-refractivity contribution < 1.29 is 13.2 Å². The number of fused-ring (bicyclic) bond motifs is 1. The molecule has 1 aliphatic heterocycles. The molecule has 1 unspecified atom stereocenters. The number of nitrogens with zero attached hydrogens (tertiary/aromatic N) is 2. The van der Waals surface area contributed by atoms with Crippen molar-refractivity contribution in [2.45, 2.75) is 30.8 Å². The van der Waals surface area contributed by atoms with E-state index < -0.39 is 10.0 Å². The van der Waals surface area contributed by atoms with Gasteiger partial charge in [0.2, 0.25) is 10.0 Å². The Hall–Kier alpha value is -3.16. The van der Waals surface area contributed by atoms with Crippen molar-refractivity contribution in [2.24, 2.45) is 0 Å². The molecule has 33 heavy (non-hydrogen) atoms. The van der Waals surface area contributed by atoms with Crippen LogP contribution in [-0.4, -0.2) is 39.3 Å². The lowest BCUT2D eigenvalue weighted by molar-refractivity contribution is 0.0940. The van der Waals surface area contributed by atoms with Crippen molar-refractivity contribution in [3.63, 3.8) is 0 Å². The Morgan fingerprint density at radius 3 is 2.21 bits per heavy atom. The van der Waals surface area contributed by atoms with Gasteiger partial charge in [-0.2, -0.15) is 0 Å². The molecule has 0 saturated heterocycles. The number of amides is 1. The number of benzene rings is 3. The second-order valence-corrected chi connectivity index (χ2v) is 10.7. The molecule has 0 bridgehead atoms. The first-order chi connectivity index (χ1) is 15.8. The average Bonchev–Trinajstić information content (AvgIpc) is 2.83. The van der Waals surface area contributed by atoms with Crippen molar-refractivity contribution >= 4 is 21.6 Å². The maximum Gasteiger partial charge on any atom is 0.251 e. The van der Waals surface area contributed by atoms with Crippen LogP contribution in [0.1, 0.15) is 40.0 Å². The highest BCUT2D eigenvalue weighted by Crippen LogP contribution is 2.25. The molecule has 0 spiro atoms. The molecular weight excluding hydrogens is 434 g/mol. The molecule has 0 saturated carbocycles. The maximum atomic E-state index is 12.8. The molecule has 3 aromatic carbocycles. The first-order valence-electron chi connectivity index (χ1n) is 11.0. The molecule has 1 aliphatic rings. The number of hydrogen-bond acceptors (Lipinski definition) is 4. The van der Waals surface area contributed by atoms with Gasteiger partial charge in [-0.15, -0.1) is 0 Å². The summed E-state index contributed by atoms with van der Waals surface area (Å²) in [4.78, 5) is 15.3. The summed E-state index contributed by atoms with van der Waals surface area (Å²) in [6.45, 7) is 3.71. The van der Waals surface area contributed by atoms with Crippen molar-refractivity contribution in [1.29, 1.82) is 0 Å². The minimum Gasteiger partial charge on any atom is -0.367 e. The number of sulfonamides is 1. The Labute approximate surface area is 195 Å². The first kappa shape index (κ1) is 23.0. The SMILES string of the molecule is CC(NC(=O)c1ccc(N2CCc3ccccc3C2)cc1)c1ccc(S(=O)(=O)N(C)C)cc1. The first-order valence-corrected chi connectivity index (χ1v) is 12.4. The molecule has 0 aromatic heterocycles. The van der Waals surface area contributed by atoms with Crippen molar-refractivity contribution in [3.8, 4) is 0 Å². The van der Waals surface area contributed by atoms with Crippen LogP contribution in [0.4, 0.5) is 5.69 Å². The van der Waals surface area contributed by atoms with Crippen LogP contribution >= 0.6 is 0 Å². The third-order valence-corrected chi connectivity index (χ3v) is 7.96. The summed E-state index contributed by atoms with van der Waals surface area (Å²) in [5.74, 6) is -0.164. The fraction of sp³-hybridized carbons (Fsp3) is 0.269. The lowest BCUT2D eigenvalue weighted by Crippen LogP contribution is -2.30. The van der Waals surface area contributed by atoms with Crippen LogP contribution in [-0.2, 0) is 23.0 Å². The minimum atomic E-state index is -3.47. The highest BCUT2D eigenvalue weighted by atomic mass is 32.2. The molecule has 7 heteroatoms. The molecule has 4 rings (SSSR count). The van der Waals surface area contributed by atoms with Gasteiger partial charge in [-0.25, -0.2) is 12.7 Å². The molecule has 1 N–H and O–H groups in total. The second kappa shape index (κ2) is 9.37. The Morgan fingerprint density at radius 1 is 0.939 bits per heavy atom. The van der Waals surface area contributed by atoms with Crippen LogP contribution in [0.25, 0.3) is 0 Å². The van der Waals surface area contributed by atoms with Crippen molar-refractivity contribution in [1.82, 2.24) is 9.62 Å². The quantitative estimate of drug-likeness (QED) is 0.600. The van der Waals surface area contributed by atoms with Gasteiger partial charge in [-0.1, -0.05) is 36.4 Å². The third-order valence-electron chi connectivity index (χ3n) is 6.13. The smallest absolute Gasteiger partial charge is 0.251 e. The molecule has 1 amide bonds. The van der Waals surface area contributed by atoms with Crippen LogP contribution in [0.2, 0.25) is 0 Å². The summed E-state index contributed by atoms with van der Waals surface area (Å²) in [6.07, 6.45) is 1.02. The van der Waals surface area contributed by atoms with Gasteiger partial charge >= 0.3 is 0 Å². The lowest BCUT2D eigenvalue weighted by Gasteiger charge is -2.30. The lowest BCUT2D eigenvalue weighted by atomic mass is 9.99. The van der Waals surface area contributed by atoms with Crippen LogP contribution in [0.3, 0.4) is 0 Å². The van der Waals surface area contributed by atoms with E-state index >= 15 is 0 Å². The van der Waals surface area contributed by atoms with Gasteiger partial charge in [0.15, 0.2) is 0 Å². The van der Waals surface area contributed by atoms with Gasteiger partial charge < -0.3 is 10.2 Å². The minimum absolute atomic E-state index is 0.164. The Kier molecular flexibility index (Phi) is 6.54. The number of carbonyl (C=O) groups is 1. The normalized spacial score (nSPS) is 14.6. The van der Waals surface area contributed by atoms with E-state index in [1.54, 1.807) is 24.3 Å². The second-order valence-electron chi connectivity index (χ2n) is 8.54. The number of rotatable bonds is 6. The maximum absolute atomic E-state index is 12.8. The summed E-state index contributed by atoms with van der Waals surface area (Å²) < 4.78 is 25.6. The van der Waals surface area contributed by atoms with Gasteiger partial charge in [0.25, 0.3) is 5.91 Å². The van der Waals surface area contributed by atoms with Crippen molar-refractivity contribution in [2.75, 3.05) is 25.5 Å². The molecular formula is C26H29N3O3S. The molecule has 6 nitrogen and oxygen atoms in total. The fourth-order valence-electron chi connectivity index (χ4n) is 4.04. The van der Waals surface area contributed by atoms with Crippen LogP contribution in [0.5, 0.6) is 0 Å². The summed E-state index contributed by atoms with van der Waals surface area (Å²) in [5, 5.41) is 2.99. The number of nitrogens with one attached hydrogen (secondary N) is 1. The molecule has 0 fully saturated rings. The molecule has 1 atom stereocenters. The molecule has 0 aliphatic carbocycles. The summed E-state index contributed by atoms with van der Waals surface area (Å²) >= 11 is 0. The molecule has 3 aromatic rings. The van der Waals surface area contributed by atoms with Crippen LogP contribution in [0.15, 0.2) is 77.7 Å². The Morgan fingerprint density at radius 2 is 1.58 bits per heavy atom. The predicted molar refractivity (Wildman–Crippen MR) is 131 cm³/mol. The van der Waals surface area contributed by atoms with E-state index in [0.29, 0.717) is 5.56 Å². The zero-order valence-electron chi connectivity index (χ0n) is 19.2. The van der Waals surface area contributed by atoms with E-state index in [2.05, 4.69) is 34.5 Å². The van der Waals surface area contributed by atoms with Gasteiger partial charge in [-0.3, -0.25) is 4.79 Å². The van der Waals surface area contributed by atoms with Gasteiger partial charge in [0.05, 0.1) is 10.9 Å². The third kappa shape index (κ3) is 4.94. The monoisotopic (exact) mass is 463 g/mol. The number of carbonyl (C=O) groups excluding carboxylic acids is 1.